The van der Waals surface area contributed by atoms with Crippen molar-refractivity contribution in [2.45, 2.75) is 27.2 Å². The fraction of sp³-hybridized carbons (Fsp3) is 0.385. The van der Waals surface area contributed by atoms with Crippen LogP contribution in [-0.4, -0.2) is 11.8 Å². The van der Waals surface area contributed by atoms with Crippen molar-refractivity contribution >= 4 is 17.5 Å². The third-order valence-corrected chi connectivity index (χ3v) is 2.94. The molecule has 0 fully saturated rings. The monoisotopic (exact) mass is 234 g/mol. The Morgan fingerprint density at radius 1 is 1.29 bits per heavy atom. The predicted octanol–water partition coefficient (Wildman–Crippen LogP) is 2.16. The van der Waals surface area contributed by atoms with Crippen LogP contribution in [0.25, 0.3) is 0 Å². The summed E-state index contributed by atoms with van der Waals surface area (Å²) in [5.74, 6) is -0.663. The Morgan fingerprint density at radius 2 is 1.88 bits per heavy atom. The number of nitrogens with one attached hydrogen (secondary N) is 1. The van der Waals surface area contributed by atoms with Crippen LogP contribution in [0.4, 0.5) is 5.69 Å². The van der Waals surface area contributed by atoms with Crippen LogP contribution < -0.4 is 11.1 Å². The molecule has 0 heterocycles. The van der Waals surface area contributed by atoms with Crippen molar-refractivity contribution in [3.05, 3.63) is 29.8 Å². The highest BCUT2D eigenvalue weighted by Gasteiger charge is 2.26. The molecule has 17 heavy (non-hydrogen) atoms. The second-order valence-corrected chi connectivity index (χ2v) is 4.60. The number of hydrogen-bond donors (Lipinski definition) is 2. The molecule has 0 saturated heterocycles. The van der Waals surface area contributed by atoms with Crippen LogP contribution in [0.2, 0.25) is 0 Å². The average molecular weight is 234 g/mol. The molecule has 4 heteroatoms. The first-order valence-corrected chi connectivity index (χ1v) is 5.58. The molecule has 0 spiro atoms. The molecule has 3 N–H and O–H groups in total. The van der Waals surface area contributed by atoms with Crippen molar-refractivity contribution in [2.75, 3.05) is 5.32 Å². The predicted molar refractivity (Wildman–Crippen MR) is 67.7 cm³/mol. The van der Waals surface area contributed by atoms with Crippen LogP contribution in [0.3, 0.4) is 0 Å². The number of carbonyl (C=O) groups is 2. The van der Waals surface area contributed by atoms with Gasteiger partial charge in [0.15, 0.2) is 0 Å². The van der Waals surface area contributed by atoms with Crippen molar-refractivity contribution in [2.24, 2.45) is 11.1 Å². The second-order valence-electron chi connectivity index (χ2n) is 4.60. The molecule has 1 rings (SSSR count). The van der Waals surface area contributed by atoms with Gasteiger partial charge in [0, 0.05) is 5.41 Å². The highest BCUT2D eigenvalue weighted by atomic mass is 16.2. The van der Waals surface area contributed by atoms with Crippen LogP contribution in [0.15, 0.2) is 24.3 Å². The lowest BCUT2D eigenvalue weighted by Gasteiger charge is -2.22. The third kappa shape index (κ3) is 3.06. The van der Waals surface area contributed by atoms with E-state index in [1.807, 2.05) is 20.8 Å². The summed E-state index contributed by atoms with van der Waals surface area (Å²) < 4.78 is 0. The van der Waals surface area contributed by atoms with Gasteiger partial charge in [-0.1, -0.05) is 32.9 Å². The molecule has 0 radical (unpaired) electrons. The zero-order chi connectivity index (χ0) is 13.1. The van der Waals surface area contributed by atoms with Crippen molar-refractivity contribution in [3.8, 4) is 0 Å². The minimum absolute atomic E-state index is 0.117. The number of carbonyl (C=O) groups excluding carboxylic acids is 2. The minimum Gasteiger partial charge on any atom is -0.366 e. The van der Waals surface area contributed by atoms with E-state index in [0.29, 0.717) is 11.3 Å². The number of amides is 2. The molecule has 0 aromatic heterocycles. The number of rotatable bonds is 4. The maximum atomic E-state index is 12.0. The normalized spacial score (nSPS) is 11.0. The first-order valence-electron chi connectivity index (χ1n) is 5.58. The van der Waals surface area contributed by atoms with Gasteiger partial charge >= 0.3 is 0 Å². The number of hydrogen-bond acceptors (Lipinski definition) is 2. The lowest BCUT2D eigenvalue weighted by molar-refractivity contribution is -0.124. The Kier molecular flexibility index (Phi) is 3.89. The first kappa shape index (κ1) is 13.2. The van der Waals surface area contributed by atoms with Gasteiger partial charge in [-0.05, 0) is 18.6 Å². The van der Waals surface area contributed by atoms with Crippen LogP contribution >= 0.6 is 0 Å². The van der Waals surface area contributed by atoms with Crippen LogP contribution in [0, 0.1) is 5.41 Å². The Bertz CT molecular complexity index is 439. The molecule has 92 valence electrons. The quantitative estimate of drug-likeness (QED) is 0.837. The molecule has 0 bridgehead atoms. The van der Waals surface area contributed by atoms with Crippen LogP contribution in [-0.2, 0) is 4.79 Å². The fourth-order valence-electron chi connectivity index (χ4n) is 1.26. The molecule has 0 aliphatic heterocycles. The molecule has 0 unspecified atom stereocenters. The van der Waals surface area contributed by atoms with E-state index in [1.54, 1.807) is 24.3 Å². The molecule has 0 aliphatic rings. The highest BCUT2D eigenvalue weighted by Crippen LogP contribution is 2.23. The van der Waals surface area contributed by atoms with Gasteiger partial charge in [-0.3, -0.25) is 9.59 Å². The lowest BCUT2D eigenvalue weighted by atomic mass is 9.89. The standard InChI is InChI=1S/C13H18N2O2/c1-4-13(2,3)12(17)15-10-8-6-5-7-9(10)11(14)16/h5-8H,4H2,1-3H3,(H2,14,16)(H,15,17). The molecule has 0 aliphatic carbocycles. The maximum absolute atomic E-state index is 12.0. The largest absolute Gasteiger partial charge is 0.366 e. The summed E-state index contributed by atoms with van der Waals surface area (Å²) in [5, 5.41) is 2.74. The van der Waals surface area contributed by atoms with Gasteiger partial charge in [-0.15, -0.1) is 0 Å². The lowest BCUT2D eigenvalue weighted by Crippen LogP contribution is -2.31. The molecule has 4 nitrogen and oxygen atoms in total. The van der Waals surface area contributed by atoms with E-state index >= 15 is 0 Å². The van der Waals surface area contributed by atoms with Crippen molar-refractivity contribution < 1.29 is 9.59 Å². The van der Waals surface area contributed by atoms with E-state index in [1.165, 1.54) is 0 Å². The van der Waals surface area contributed by atoms with Crippen LogP contribution in [0.1, 0.15) is 37.6 Å². The summed E-state index contributed by atoms with van der Waals surface area (Å²) in [5.41, 5.74) is 5.57. The molecular weight excluding hydrogens is 216 g/mol. The zero-order valence-corrected chi connectivity index (χ0v) is 10.4. The average Bonchev–Trinajstić information content (AvgIpc) is 2.29. The molecule has 0 saturated carbocycles. The highest BCUT2D eigenvalue weighted by molar-refractivity contribution is 6.04. The summed E-state index contributed by atoms with van der Waals surface area (Å²) in [7, 11) is 0. The summed E-state index contributed by atoms with van der Waals surface area (Å²) in [4.78, 5) is 23.2. The molecule has 2 amide bonds. The van der Waals surface area contributed by atoms with Crippen molar-refractivity contribution in [3.63, 3.8) is 0 Å². The van der Waals surface area contributed by atoms with Gasteiger partial charge in [0.05, 0.1) is 11.3 Å². The summed E-state index contributed by atoms with van der Waals surface area (Å²) in [6, 6.07) is 6.72. The number of para-hydroxylation sites is 1. The Balaban J connectivity index is 2.97. The number of anilines is 1. The van der Waals surface area contributed by atoms with Gasteiger partial charge in [0.1, 0.15) is 0 Å². The molecule has 1 aromatic carbocycles. The Morgan fingerprint density at radius 3 is 2.41 bits per heavy atom. The maximum Gasteiger partial charge on any atom is 0.250 e. The van der Waals surface area contributed by atoms with Gasteiger partial charge in [0.25, 0.3) is 5.91 Å². The van der Waals surface area contributed by atoms with Gasteiger partial charge in [-0.25, -0.2) is 0 Å². The summed E-state index contributed by atoms with van der Waals surface area (Å²) in [6.45, 7) is 5.66. The number of nitrogens with two attached hydrogens (primary N) is 1. The SMILES string of the molecule is CCC(C)(C)C(=O)Nc1ccccc1C(N)=O. The van der Waals surface area contributed by atoms with Crippen LogP contribution in [0.5, 0.6) is 0 Å². The summed E-state index contributed by atoms with van der Waals surface area (Å²) >= 11 is 0. The Labute approximate surface area is 101 Å². The topological polar surface area (TPSA) is 72.2 Å². The van der Waals surface area contributed by atoms with Crippen molar-refractivity contribution in [1.29, 1.82) is 0 Å². The fourth-order valence-corrected chi connectivity index (χ4v) is 1.26. The molecular formula is C13H18N2O2. The van der Waals surface area contributed by atoms with E-state index < -0.39 is 11.3 Å². The van der Waals surface area contributed by atoms with Crippen molar-refractivity contribution in [1.82, 2.24) is 0 Å². The first-order chi connectivity index (χ1) is 7.88. The van der Waals surface area contributed by atoms with Gasteiger partial charge < -0.3 is 11.1 Å². The van der Waals surface area contributed by atoms with E-state index in [4.69, 9.17) is 5.73 Å². The van der Waals surface area contributed by atoms with E-state index in [2.05, 4.69) is 5.32 Å². The van der Waals surface area contributed by atoms with E-state index in [-0.39, 0.29) is 5.91 Å². The van der Waals surface area contributed by atoms with Gasteiger partial charge in [0.2, 0.25) is 5.91 Å². The molecule has 0 atom stereocenters. The van der Waals surface area contributed by atoms with Gasteiger partial charge in [-0.2, -0.15) is 0 Å². The zero-order valence-electron chi connectivity index (χ0n) is 10.4. The number of benzene rings is 1. The minimum atomic E-state index is -0.546. The van der Waals surface area contributed by atoms with E-state index in [0.717, 1.165) is 6.42 Å². The Hall–Kier alpha value is -1.84. The second kappa shape index (κ2) is 4.99. The smallest absolute Gasteiger partial charge is 0.250 e. The third-order valence-electron chi connectivity index (χ3n) is 2.94. The van der Waals surface area contributed by atoms with E-state index in [9.17, 15) is 9.59 Å². The summed E-state index contributed by atoms with van der Waals surface area (Å²) in [6.07, 6.45) is 0.720. The molecule has 1 aromatic rings. The number of primary amides is 1.